The third kappa shape index (κ3) is 2.87. The molecule has 0 saturated heterocycles. The number of dihydropyridines is 1. The molecule has 2 aliphatic heterocycles. The summed E-state index contributed by atoms with van der Waals surface area (Å²) in [7, 11) is 0. The van der Waals surface area contributed by atoms with E-state index in [1.54, 1.807) is 18.5 Å². The Morgan fingerprint density at radius 1 is 1.28 bits per heavy atom. The van der Waals surface area contributed by atoms with Gasteiger partial charge in [-0.2, -0.15) is 4.39 Å². The van der Waals surface area contributed by atoms with Crippen LogP contribution >= 0.6 is 0 Å². The lowest BCUT2D eigenvalue weighted by atomic mass is 10.0. The summed E-state index contributed by atoms with van der Waals surface area (Å²) in [6.07, 6.45) is 9.62. The van der Waals surface area contributed by atoms with Crippen LogP contribution in [0.15, 0.2) is 63.7 Å². The van der Waals surface area contributed by atoms with E-state index in [2.05, 4.69) is 25.3 Å². The Labute approximate surface area is 163 Å². The van der Waals surface area contributed by atoms with Crippen LogP contribution in [0.25, 0.3) is 10.9 Å². The molecule has 0 aromatic carbocycles. The van der Waals surface area contributed by atoms with Gasteiger partial charge in [0, 0.05) is 35.8 Å². The second-order valence-corrected chi connectivity index (χ2v) is 6.75. The summed E-state index contributed by atoms with van der Waals surface area (Å²) in [6.45, 7) is 0.255. The molecule has 0 saturated carbocycles. The van der Waals surface area contributed by atoms with Crippen LogP contribution in [-0.2, 0) is 6.54 Å². The number of hydrogen-bond acceptors (Lipinski definition) is 6. The number of halogens is 1. The number of H-pyrrole nitrogens is 1. The molecule has 5 rings (SSSR count). The number of aliphatic imine (C=N–C) groups is 2. The van der Waals surface area contributed by atoms with E-state index in [1.807, 2.05) is 12.2 Å². The molecule has 144 valence electrons. The molecule has 9 heteroatoms. The van der Waals surface area contributed by atoms with Gasteiger partial charge in [-0.1, -0.05) is 6.08 Å². The number of nitrogens with zero attached hydrogens (tertiary/aromatic N) is 4. The van der Waals surface area contributed by atoms with E-state index >= 15 is 0 Å². The first kappa shape index (κ1) is 17.2. The number of carbonyl (C=O) groups is 1. The molecule has 2 aliphatic rings. The van der Waals surface area contributed by atoms with Gasteiger partial charge in [-0.25, -0.2) is 9.98 Å². The van der Waals surface area contributed by atoms with E-state index < -0.39 is 11.7 Å². The monoisotopic (exact) mass is 390 g/mol. The van der Waals surface area contributed by atoms with Crippen LogP contribution in [0.2, 0.25) is 0 Å². The molecule has 0 fully saturated rings. The number of aromatic amines is 1. The standard InChI is InChI=1S/C20H15FN6O2/c21-18-12(3-1-6-22-18)17(28)13-9-24-16-11(13)5-8-27(20(16)29)10-15-25-14-4-2-7-23-19(14)26-15/h1-9,14,19,24H,10H2,(H,25,26). The average Bonchev–Trinajstić information content (AvgIpc) is 3.34. The summed E-state index contributed by atoms with van der Waals surface area (Å²) in [5, 5.41) is 3.68. The van der Waals surface area contributed by atoms with Gasteiger partial charge >= 0.3 is 0 Å². The van der Waals surface area contributed by atoms with Crippen molar-refractivity contribution in [2.75, 3.05) is 0 Å². The van der Waals surface area contributed by atoms with Crippen LogP contribution in [0.5, 0.6) is 0 Å². The van der Waals surface area contributed by atoms with Crippen molar-refractivity contribution < 1.29 is 9.18 Å². The van der Waals surface area contributed by atoms with Crippen LogP contribution in [0.3, 0.4) is 0 Å². The molecular weight excluding hydrogens is 375 g/mol. The summed E-state index contributed by atoms with van der Waals surface area (Å²) in [5.74, 6) is -0.719. The fourth-order valence-corrected chi connectivity index (χ4v) is 3.55. The normalized spacial score (nSPS) is 19.8. The number of hydrogen-bond donors (Lipinski definition) is 2. The molecule has 2 unspecified atom stereocenters. The molecule has 0 bridgehead atoms. The third-order valence-corrected chi connectivity index (χ3v) is 4.97. The van der Waals surface area contributed by atoms with Crippen molar-refractivity contribution in [3.05, 3.63) is 76.4 Å². The number of carbonyl (C=O) groups excluding carboxylic acids is 1. The Morgan fingerprint density at radius 3 is 3.00 bits per heavy atom. The maximum atomic E-state index is 13.9. The second kappa shape index (κ2) is 6.62. The highest BCUT2D eigenvalue weighted by Gasteiger charge is 2.27. The highest BCUT2D eigenvalue weighted by atomic mass is 19.1. The third-order valence-electron chi connectivity index (χ3n) is 4.97. The fourth-order valence-electron chi connectivity index (χ4n) is 3.55. The molecule has 0 amide bonds. The zero-order valence-electron chi connectivity index (χ0n) is 15.0. The van der Waals surface area contributed by atoms with Crippen LogP contribution in [0, 0.1) is 5.95 Å². The van der Waals surface area contributed by atoms with Gasteiger partial charge in [0.05, 0.1) is 18.2 Å². The predicted octanol–water partition coefficient (Wildman–Crippen LogP) is 1.43. The maximum absolute atomic E-state index is 13.9. The van der Waals surface area contributed by atoms with E-state index in [0.29, 0.717) is 11.2 Å². The lowest BCUT2D eigenvalue weighted by Gasteiger charge is -2.13. The quantitative estimate of drug-likeness (QED) is 0.519. The molecule has 3 aromatic rings. The summed E-state index contributed by atoms with van der Waals surface area (Å²) in [6, 6.07) is 4.52. The van der Waals surface area contributed by atoms with Crippen molar-refractivity contribution in [2.24, 2.45) is 9.98 Å². The van der Waals surface area contributed by atoms with Crippen LogP contribution in [0.1, 0.15) is 15.9 Å². The number of pyridine rings is 2. The number of aromatic nitrogens is 3. The molecule has 0 radical (unpaired) electrons. The SMILES string of the molecule is O=C(c1cccnc1F)c1c[nH]c2c(=O)n(CC3=NC4N=CC=CC4N3)ccc12. The topological polar surface area (TPSA) is 104 Å². The van der Waals surface area contributed by atoms with Crippen LogP contribution in [0.4, 0.5) is 4.39 Å². The second-order valence-electron chi connectivity index (χ2n) is 6.75. The number of amidine groups is 1. The number of nitrogens with one attached hydrogen (secondary N) is 2. The highest BCUT2D eigenvalue weighted by molar-refractivity contribution is 6.16. The van der Waals surface area contributed by atoms with Gasteiger partial charge < -0.3 is 14.9 Å². The zero-order chi connectivity index (χ0) is 20.0. The Bertz CT molecular complexity index is 1290. The highest BCUT2D eigenvalue weighted by Crippen LogP contribution is 2.20. The molecule has 2 N–H and O–H groups in total. The lowest BCUT2D eigenvalue weighted by molar-refractivity contribution is 0.103. The Morgan fingerprint density at radius 2 is 2.17 bits per heavy atom. The van der Waals surface area contributed by atoms with E-state index in [-0.39, 0.29) is 41.0 Å². The average molecular weight is 390 g/mol. The minimum absolute atomic E-state index is 0.00137. The first-order chi connectivity index (χ1) is 14.1. The Hall–Kier alpha value is -3.88. The number of ketones is 1. The molecule has 2 atom stereocenters. The van der Waals surface area contributed by atoms with Gasteiger partial charge in [0.25, 0.3) is 5.56 Å². The van der Waals surface area contributed by atoms with Gasteiger partial charge in [-0.15, -0.1) is 0 Å². The van der Waals surface area contributed by atoms with Crippen molar-refractivity contribution in [3.8, 4) is 0 Å². The maximum Gasteiger partial charge on any atom is 0.275 e. The lowest BCUT2D eigenvalue weighted by Crippen LogP contribution is -2.36. The molecular formula is C20H15FN6O2. The molecule has 5 heterocycles. The molecule has 29 heavy (non-hydrogen) atoms. The van der Waals surface area contributed by atoms with Crippen molar-refractivity contribution >= 4 is 28.7 Å². The van der Waals surface area contributed by atoms with E-state index in [0.717, 1.165) is 0 Å². The number of fused-ring (bicyclic) bond motifs is 2. The zero-order valence-corrected chi connectivity index (χ0v) is 15.0. The van der Waals surface area contributed by atoms with Crippen molar-refractivity contribution in [3.63, 3.8) is 0 Å². The van der Waals surface area contributed by atoms with Crippen molar-refractivity contribution in [1.29, 1.82) is 0 Å². The number of allylic oxidation sites excluding steroid dienone is 1. The van der Waals surface area contributed by atoms with E-state index in [9.17, 15) is 14.0 Å². The smallest absolute Gasteiger partial charge is 0.275 e. The number of rotatable bonds is 4. The minimum Gasteiger partial charge on any atom is -0.362 e. The summed E-state index contributed by atoms with van der Waals surface area (Å²) in [5.41, 5.74) is 0.0528. The van der Waals surface area contributed by atoms with Gasteiger partial charge in [0.1, 0.15) is 11.4 Å². The fraction of sp³-hybridized carbons (Fsp3) is 0.150. The molecule has 3 aromatic heterocycles. The van der Waals surface area contributed by atoms with Gasteiger partial charge in [0.2, 0.25) is 5.95 Å². The summed E-state index contributed by atoms with van der Waals surface area (Å²) < 4.78 is 15.4. The van der Waals surface area contributed by atoms with Crippen molar-refractivity contribution in [2.45, 2.75) is 18.8 Å². The first-order valence-corrected chi connectivity index (χ1v) is 9.01. The molecule has 0 spiro atoms. The first-order valence-electron chi connectivity index (χ1n) is 9.01. The predicted molar refractivity (Wildman–Crippen MR) is 106 cm³/mol. The largest absolute Gasteiger partial charge is 0.362 e. The van der Waals surface area contributed by atoms with Gasteiger partial charge in [0.15, 0.2) is 11.9 Å². The van der Waals surface area contributed by atoms with Gasteiger partial charge in [-0.05, 0) is 24.3 Å². The van der Waals surface area contributed by atoms with Gasteiger partial charge in [-0.3, -0.25) is 14.6 Å². The summed E-state index contributed by atoms with van der Waals surface area (Å²) in [4.78, 5) is 40.7. The van der Waals surface area contributed by atoms with Crippen LogP contribution in [-0.4, -0.2) is 44.6 Å². The Kier molecular flexibility index (Phi) is 3.94. The Balaban J connectivity index is 1.47. The minimum atomic E-state index is -0.844. The van der Waals surface area contributed by atoms with Crippen LogP contribution < -0.4 is 10.9 Å². The molecule has 0 aliphatic carbocycles. The summed E-state index contributed by atoms with van der Waals surface area (Å²) >= 11 is 0. The van der Waals surface area contributed by atoms with Crippen molar-refractivity contribution in [1.82, 2.24) is 19.9 Å². The van der Waals surface area contributed by atoms with E-state index in [1.165, 1.54) is 29.1 Å². The van der Waals surface area contributed by atoms with E-state index in [4.69, 9.17) is 0 Å². The molecule has 8 nitrogen and oxygen atoms in total.